The highest BCUT2D eigenvalue weighted by Crippen LogP contribution is 2.44. The number of fused-ring (bicyclic) bond motifs is 4. The summed E-state index contributed by atoms with van der Waals surface area (Å²) in [5, 5.41) is 22.1. The summed E-state index contributed by atoms with van der Waals surface area (Å²) in [4.78, 5) is 122. The average Bonchev–Trinajstić information content (AvgIpc) is 1.60. The van der Waals surface area contributed by atoms with Crippen molar-refractivity contribution in [3.8, 4) is 11.1 Å². The van der Waals surface area contributed by atoms with E-state index in [4.69, 9.17) is 23.7 Å². The lowest BCUT2D eigenvalue weighted by molar-refractivity contribution is -0.158. The van der Waals surface area contributed by atoms with Gasteiger partial charge in [-0.2, -0.15) is 0 Å². The third-order valence-electron chi connectivity index (χ3n) is 17.3. The van der Waals surface area contributed by atoms with E-state index < -0.39 is 77.4 Å². The Bertz CT molecular complexity index is 3190. The fourth-order valence-electron chi connectivity index (χ4n) is 12.5. The second-order valence-electron chi connectivity index (χ2n) is 27.3. The van der Waals surface area contributed by atoms with Crippen molar-refractivity contribution in [2.75, 3.05) is 32.8 Å². The molecule has 7 amide bonds. The Hall–Kier alpha value is -8.49. The number of amides is 7. The van der Waals surface area contributed by atoms with E-state index in [-0.39, 0.29) is 87.5 Å². The van der Waals surface area contributed by atoms with Crippen LogP contribution in [0.3, 0.4) is 0 Å². The molecule has 0 aliphatic heterocycles. The molecule has 7 rings (SSSR count). The van der Waals surface area contributed by atoms with Gasteiger partial charge in [0.25, 0.3) is 0 Å². The number of benzene rings is 4. The molecule has 0 radical (unpaired) electrons. The molecule has 4 unspecified atom stereocenters. The van der Waals surface area contributed by atoms with Gasteiger partial charge >= 0.3 is 36.1 Å². The van der Waals surface area contributed by atoms with Gasteiger partial charge in [0.2, 0.25) is 17.7 Å². The Labute approximate surface area is 559 Å². The van der Waals surface area contributed by atoms with Crippen LogP contribution in [0.15, 0.2) is 104 Å². The molecule has 3 aliphatic rings. The summed E-state index contributed by atoms with van der Waals surface area (Å²) in [5.74, 6) is -3.45. The molecule has 0 aromatic heterocycles. The first-order valence-corrected chi connectivity index (χ1v) is 34.2. The van der Waals surface area contributed by atoms with Gasteiger partial charge in [0, 0.05) is 44.3 Å². The van der Waals surface area contributed by atoms with Crippen molar-refractivity contribution < 1.29 is 66.8 Å². The molecule has 4 aromatic carbocycles. The zero-order valence-electron chi connectivity index (χ0n) is 56.5. The number of urea groups is 1. The van der Waals surface area contributed by atoms with Gasteiger partial charge in [-0.3, -0.25) is 19.2 Å². The highest BCUT2D eigenvalue weighted by atomic mass is 16.6. The van der Waals surface area contributed by atoms with Crippen LogP contribution >= 0.6 is 0 Å². The quantitative estimate of drug-likeness (QED) is 0.0107. The number of rotatable bonds is 31. The molecule has 516 valence electrons. The first kappa shape index (κ1) is 73.9. The number of hydrogen-bond donors (Lipinski definition) is 7. The number of nitrogens with one attached hydrogen (secondary N) is 7. The minimum Gasteiger partial charge on any atom is -0.461 e. The van der Waals surface area contributed by atoms with Crippen LogP contribution in [-0.2, 0) is 58.9 Å². The molecule has 2 fully saturated rings. The van der Waals surface area contributed by atoms with Crippen molar-refractivity contribution in [2.45, 2.75) is 217 Å². The van der Waals surface area contributed by atoms with E-state index in [1.54, 1.807) is 41.5 Å². The van der Waals surface area contributed by atoms with Crippen molar-refractivity contribution in [3.05, 3.63) is 120 Å². The minimum absolute atomic E-state index is 0.0398. The maximum atomic E-state index is 14.3. The molecule has 2 saturated carbocycles. The molecule has 21 nitrogen and oxygen atoms in total. The van der Waals surface area contributed by atoms with Crippen LogP contribution in [0.2, 0.25) is 0 Å². The van der Waals surface area contributed by atoms with Gasteiger partial charge in [-0.1, -0.05) is 123 Å². The average molecular weight is 1310 g/mol. The predicted octanol–water partition coefficient (Wildman–Crippen LogP) is 11.2. The maximum Gasteiger partial charge on any atom is 0.407 e. The molecular weight excluding hydrogens is 1210 g/mol. The zero-order valence-corrected chi connectivity index (χ0v) is 56.5. The standard InChI is InChI=1S/C74H101N7O14/c1-8-44-91-71(89)76-43-23-20-32-60(81-72(90)92-48-59-57-30-18-16-28-55(57)56-29-17-19-31-58(56)59)66(84)77-47-49-34-38-52(39-35-49)65(83)78-63(46-50-36-37-51-24-14-15-25-53(51)45-50)67(85)75-42-22-21-33-61(68(86)93-54-26-12-10-9-11-13-27-54)79-70(88)80-62(69(87)95-74(5,6)7)40-41-64(82)94-73(2,3)4/h8,14-19,24-25,28-31,36-37,45,49,52,54,59-63H,1,9-13,20-23,26-27,32-35,38-44,46-48H2,2-7H3,(H,75,85)(H,76,89)(H,77,84)(H,78,83)(H,81,90)(H2,79,80,88). The lowest BCUT2D eigenvalue weighted by atomic mass is 9.81. The molecule has 0 spiro atoms. The smallest absolute Gasteiger partial charge is 0.407 e. The number of esters is 3. The van der Waals surface area contributed by atoms with Crippen LogP contribution in [0.25, 0.3) is 21.9 Å². The molecule has 95 heavy (non-hydrogen) atoms. The Morgan fingerprint density at radius 2 is 1.13 bits per heavy atom. The summed E-state index contributed by atoms with van der Waals surface area (Å²) in [7, 11) is 0. The lowest BCUT2D eigenvalue weighted by Crippen LogP contribution is -2.53. The van der Waals surface area contributed by atoms with Crippen LogP contribution in [-0.4, -0.2) is 128 Å². The van der Waals surface area contributed by atoms with E-state index in [0.29, 0.717) is 77.3 Å². The number of ether oxygens (including phenoxy) is 5. The van der Waals surface area contributed by atoms with E-state index in [1.165, 1.54) is 6.08 Å². The van der Waals surface area contributed by atoms with Crippen molar-refractivity contribution >= 4 is 64.6 Å². The van der Waals surface area contributed by atoms with Gasteiger partial charge < -0.3 is 60.9 Å². The maximum absolute atomic E-state index is 14.3. The number of carbonyl (C=O) groups excluding carboxylic acids is 9. The topological polar surface area (TPSA) is 284 Å². The van der Waals surface area contributed by atoms with E-state index in [0.717, 1.165) is 70.7 Å². The largest absolute Gasteiger partial charge is 0.461 e. The SMILES string of the molecule is C=CCOC(=O)NCCCCC(NC(=O)OCC1c2ccccc2-c2ccccc21)C(=O)NCC1CCC(C(=O)NC(Cc2ccc3ccccc3c2)C(=O)NCCCCC(NC(=O)NC(CCC(=O)OC(C)(C)C)C(=O)OC(C)(C)C)C(=O)OC2CCCCCCC2)CC1. The van der Waals surface area contributed by atoms with Gasteiger partial charge in [0.1, 0.15) is 54.7 Å². The number of hydrogen-bond acceptors (Lipinski definition) is 14. The minimum atomic E-state index is -1.24. The van der Waals surface area contributed by atoms with Crippen LogP contribution in [0, 0.1) is 11.8 Å². The molecule has 4 aromatic rings. The normalized spacial score (nSPS) is 17.0. The van der Waals surface area contributed by atoms with Crippen molar-refractivity contribution in [1.82, 2.24) is 37.2 Å². The monoisotopic (exact) mass is 1310 g/mol. The summed E-state index contributed by atoms with van der Waals surface area (Å²) >= 11 is 0. The summed E-state index contributed by atoms with van der Waals surface area (Å²) < 4.78 is 27.9. The summed E-state index contributed by atoms with van der Waals surface area (Å²) in [5.41, 5.74) is 3.50. The second-order valence-corrected chi connectivity index (χ2v) is 27.3. The van der Waals surface area contributed by atoms with Gasteiger partial charge in [0.05, 0.1) is 0 Å². The predicted molar refractivity (Wildman–Crippen MR) is 363 cm³/mol. The summed E-state index contributed by atoms with van der Waals surface area (Å²) in [6, 6.07) is 24.9. The third-order valence-corrected chi connectivity index (χ3v) is 17.3. The van der Waals surface area contributed by atoms with E-state index in [2.05, 4.69) is 55.9 Å². The number of carbonyl (C=O) groups is 9. The highest BCUT2D eigenvalue weighted by molar-refractivity contribution is 5.90. The van der Waals surface area contributed by atoms with Gasteiger partial charge in [0.15, 0.2) is 0 Å². The molecule has 0 bridgehead atoms. The molecule has 4 atom stereocenters. The van der Waals surface area contributed by atoms with E-state index in [9.17, 15) is 43.2 Å². The fraction of sp³-hybridized carbons (Fsp3) is 0.554. The number of unbranched alkanes of at least 4 members (excludes halogenated alkanes) is 2. The number of alkyl carbamates (subject to hydrolysis) is 2. The van der Waals surface area contributed by atoms with Gasteiger partial charge in [-0.25, -0.2) is 24.0 Å². The lowest BCUT2D eigenvalue weighted by Gasteiger charge is -2.30. The first-order valence-electron chi connectivity index (χ1n) is 34.2. The fourth-order valence-corrected chi connectivity index (χ4v) is 12.5. The molecule has 0 heterocycles. The Morgan fingerprint density at radius 1 is 0.547 bits per heavy atom. The third kappa shape index (κ3) is 25.0. The van der Waals surface area contributed by atoms with Crippen molar-refractivity contribution in [1.29, 1.82) is 0 Å². The van der Waals surface area contributed by atoms with Crippen LogP contribution in [0.4, 0.5) is 14.4 Å². The Morgan fingerprint density at radius 3 is 1.77 bits per heavy atom. The summed E-state index contributed by atoms with van der Waals surface area (Å²) in [6.07, 6.45) is 10.7. The van der Waals surface area contributed by atoms with Gasteiger partial charge in [-0.05, 0) is 182 Å². The Kier molecular flexibility index (Phi) is 28.8. The Balaban J connectivity index is 0.938. The zero-order chi connectivity index (χ0) is 68.3. The van der Waals surface area contributed by atoms with E-state index >= 15 is 0 Å². The van der Waals surface area contributed by atoms with Crippen LogP contribution < -0.4 is 37.2 Å². The molecule has 7 N–H and O–H groups in total. The first-order chi connectivity index (χ1) is 45.5. The summed E-state index contributed by atoms with van der Waals surface area (Å²) in [6.45, 7) is 14.8. The molecular formula is C74H101N7O14. The molecule has 3 aliphatic carbocycles. The van der Waals surface area contributed by atoms with Gasteiger partial charge in [-0.15, -0.1) is 0 Å². The van der Waals surface area contributed by atoms with Crippen molar-refractivity contribution in [3.63, 3.8) is 0 Å². The van der Waals surface area contributed by atoms with Crippen LogP contribution in [0.1, 0.15) is 186 Å². The van der Waals surface area contributed by atoms with E-state index in [1.807, 2.05) is 78.9 Å². The second kappa shape index (κ2) is 37.0. The molecule has 0 saturated heterocycles. The molecule has 21 heteroatoms. The highest BCUT2D eigenvalue weighted by Gasteiger charge is 2.35. The van der Waals surface area contributed by atoms with Crippen molar-refractivity contribution in [2.24, 2.45) is 11.8 Å². The van der Waals surface area contributed by atoms with Crippen LogP contribution in [0.5, 0.6) is 0 Å².